The molecule has 162 valence electrons. The zero-order valence-electron chi connectivity index (χ0n) is 17.6. The van der Waals surface area contributed by atoms with Crippen LogP contribution in [0.25, 0.3) is 11.1 Å². The van der Waals surface area contributed by atoms with E-state index < -0.39 is 11.7 Å². The molecule has 1 aliphatic heterocycles. The SMILES string of the molecule is C=C1/C(=N\c2cccc(C(F)(F)F)c2)c2cc(-c3ccccc3)ccc2N1c1ccccc1. The molecule has 0 amide bonds. The Hall–Kier alpha value is -4.12. The Morgan fingerprint density at radius 2 is 1.39 bits per heavy atom. The quantitative estimate of drug-likeness (QED) is 0.314. The Bertz CT molecular complexity index is 1360. The van der Waals surface area contributed by atoms with Crippen molar-refractivity contribution < 1.29 is 13.2 Å². The highest BCUT2D eigenvalue weighted by Crippen LogP contribution is 2.43. The molecule has 0 N–H and O–H groups in total. The van der Waals surface area contributed by atoms with Crippen molar-refractivity contribution in [1.82, 2.24) is 0 Å². The second kappa shape index (κ2) is 8.10. The fourth-order valence-corrected chi connectivity index (χ4v) is 4.02. The van der Waals surface area contributed by atoms with Gasteiger partial charge < -0.3 is 4.90 Å². The lowest BCUT2D eigenvalue weighted by Crippen LogP contribution is -2.13. The summed E-state index contributed by atoms with van der Waals surface area (Å²) < 4.78 is 39.7. The molecule has 0 saturated carbocycles. The van der Waals surface area contributed by atoms with Gasteiger partial charge in [0.15, 0.2) is 0 Å². The maximum absolute atomic E-state index is 13.2. The first-order valence-electron chi connectivity index (χ1n) is 10.4. The summed E-state index contributed by atoms with van der Waals surface area (Å²) >= 11 is 0. The third-order valence-corrected chi connectivity index (χ3v) is 5.57. The highest BCUT2D eigenvalue weighted by atomic mass is 19.4. The van der Waals surface area contributed by atoms with Crippen LogP contribution in [0.2, 0.25) is 0 Å². The van der Waals surface area contributed by atoms with Crippen LogP contribution in [-0.2, 0) is 6.18 Å². The number of allylic oxidation sites excluding steroid dienone is 1. The Labute approximate surface area is 190 Å². The van der Waals surface area contributed by atoms with Crippen molar-refractivity contribution in [3.05, 3.63) is 127 Å². The molecule has 0 fully saturated rings. The molecule has 4 aromatic carbocycles. The number of halogens is 3. The van der Waals surface area contributed by atoms with E-state index in [1.807, 2.05) is 83.8 Å². The smallest absolute Gasteiger partial charge is 0.308 e. The number of para-hydroxylation sites is 1. The highest BCUT2D eigenvalue weighted by Gasteiger charge is 2.32. The molecule has 5 rings (SSSR count). The first kappa shape index (κ1) is 20.8. The molecule has 0 spiro atoms. The summed E-state index contributed by atoms with van der Waals surface area (Å²) in [6.45, 7) is 4.25. The summed E-state index contributed by atoms with van der Waals surface area (Å²) in [6, 6.07) is 30.8. The lowest BCUT2D eigenvalue weighted by Gasteiger charge is -2.20. The van der Waals surface area contributed by atoms with E-state index >= 15 is 0 Å². The minimum atomic E-state index is -4.43. The lowest BCUT2D eigenvalue weighted by atomic mass is 10.0. The van der Waals surface area contributed by atoms with Gasteiger partial charge in [0.25, 0.3) is 0 Å². The molecule has 0 aliphatic carbocycles. The van der Waals surface area contributed by atoms with Gasteiger partial charge in [-0.25, -0.2) is 4.99 Å². The van der Waals surface area contributed by atoms with Crippen LogP contribution in [0.1, 0.15) is 11.1 Å². The Kier molecular flexibility index (Phi) is 5.09. The highest BCUT2D eigenvalue weighted by molar-refractivity contribution is 6.24. The predicted octanol–water partition coefficient (Wildman–Crippen LogP) is 8.16. The molecule has 33 heavy (non-hydrogen) atoms. The van der Waals surface area contributed by atoms with Crippen LogP contribution in [-0.4, -0.2) is 5.71 Å². The second-order valence-corrected chi connectivity index (χ2v) is 7.72. The van der Waals surface area contributed by atoms with Gasteiger partial charge in [-0.1, -0.05) is 67.2 Å². The average molecular weight is 440 g/mol. The molecular weight excluding hydrogens is 421 g/mol. The van der Waals surface area contributed by atoms with E-state index in [9.17, 15) is 13.2 Å². The standard InChI is InChI=1S/C28H19F3N2/c1-19-27(32-23-12-8-11-22(18-23)28(29,30)31)25-17-21(20-9-4-2-5-10-20)15-16-26(25)33(19)24-13-6-3-7-14-24/h2-18H,1H2/b32-27+. The van der Waals surface area contributed by atoms with Crippen molar-refractivity contribution in [3.63, 3.8) is 0 Å². The number of hydrogen-bond acceptors (Lipinski definition) is 2. The summed E-state index contributed by atoms with van der Waals surface area (Å²) in [7, 11) is 0. The normalized spacial score (nSPS) is 14.6. The maximum atomic E-state index is 13.2. The minimum absolute atomic E-state index is 0.229. The molecule has 5 heteroatoms. The van der Waals surface area contributed by atoms with E-state index in [0.717, 1.165) is 40.2 Å². The van der Waals surface area contributed by atoms with Gasteiger partial charge in [0.2, 0.25) is 0 Å². The molecule has 4 aromatic rings. The monoisotopic (exact) mass is 440 g/mol. The first-order valence-corrected chi connectivity index (χ1v) is 10.4. The van der Waals surface area contributed by atoms with Crippen molar-refractivity contribution in [2.24, 2.45) is 4.99 Å². The van der Waals surface area contributed by atoms with E-state index in [1.54, 1.807) is 6.07 Å². The van der Waals surface area contributed by atoms with Gasteiger partial charge in [0, 0.05) is 11.3 Å². The van der Waals surface area contributed by atoms with Crippen LogP contribution in [0.5, 0.6) is 0 Å². The van der Waals surface area contributed by atoms with E-state index in [2.05, 4.69) is 11.6 Å². The number of rotatable bonds is 3. The van der Waals surface area contributed by atoms with Gasteiger partial charge in [-0.15, -0.1) is 0 Å². The van der Waals surface area contributed by atoms with E-state index in [-0.39, 0.29) is 5.69 Å². The second-order valence-electron chi connectivity index (χ2n) is 7.72. The Morgan fingerprint density at radius 3 is 2.09 bits per heavy atom. The summed E-state index contributed by atoms with van der Waals surface area (Å²) in [6.07, 6.45) is -4.43. The number of aliphatic imine (C=N–C) groups is 1. The number of alkyl halides is 3. The van der Waals surface area contributed by atoms with E-state index in [0.29, 0.717) is 11.4 Å². The molecule has 1 heterocycles. The van der Waals surface area contributed by atoms with Crippen molar-refractivity contribution in [1.29, 1.82) is 0 Å². The summed E-state index contributed by atoms with van der Waals surface area (Å²) in [4.78, 5) is 6.62. The largest absolute Gasteiger partial charge is 0.416 e. The van der Waals surface area contributed by atoms with Crippen molar-refractivity contribution in [2.45, 2.75) is 6.18 Å². The number of anilines is 2. The first-order chi connectivity index (χ1) is 15.9. The average Bonchev–Trinajstić information content (AvgIpc) is 3.10. The Morgan fingerprint density at radius 1 is 0.697 bits per heavy atom. The van der Waals surface area contributed by atoms with Crippen molar-refractivity contribution >= 4 is 22.8 Å². The van der Waals surface area contributed by atoms with Crippen LogP contribution < -0.4 is 4.90 Å². The molecule has 0 bridgehead atoms. The van der Waals surface area contributed by atoms with E-state index in [4.69, 9.17) is 0 Å². The molecule has 0 saturated heterocycles. The third kappa shape index (κ3) is 3.94. The van der Waals surface area contributed by atoms with Gasteiger partial charge in [0.1, 0.15) is 0 Å². The number of benzene rings is 4. The number of fused-ring (bicyclic) bond motifs is 1. The molecule has 0 aromatic heterocycles. The number of hydrogen-bond donors (Lipinski definition) is 0. The molecule has 0 radical (unpaired) electrons. The molecular formula is C28H19F3N2. The topological polar surface area (TPSA) is 15.6 Å². The number of nitrogens with zero attached hydrogens (tertiary/aromatic N) is 2. The van der Waals surface area contributed by atoms with E-state index in [1.165, 1.54) is 6.07 Å². The summed E-state index contributed by atoms with van der Waals surface area (Å²) in [5.41, 5.74) is 5.31. The van der Waals surface area contributed by atoms with Crippen LogP contribution in [0.4, 0.5) is 30.2 Å². The van der Waals surface area contributed by atoms with Crippen molar-refractivity contribution in [2.75, 3.05) is 4.90 Å². The fraction of sp³-hybridized carbons (Fsp3) is 0.0357. The van der Waals surface area contributed by atoms with Crippen LogP contribution in [0.15, 0.2) is 120 Å². The predicted molar refractivity (Wildman–Crippen MR) is 127 cm³/mol. The molecule has 0 atom stereocenters. The Balaban J connectivity index is 1.68. The minimum Gasteiger partial charge on any atom is -0.308 e. The lowest BCUT2D eigenvalue weighted by molar-refractivity contribution is -0.137. The van der Waals surface area contributed by atoms with Crippen LogP contribution in [0, 0.1) is 0 Å². The molecule has 2 nitrogen and oxygen atoms in total. The van der Waals surface area contributed by atoms with Gasteiger partial charge in [-0.2, -0.15) is 13.2 Å². The third-order valence-electron chi connectivity index (χ3n) is 5.57. The van der Waals surface area contributed by atoms with Crippen LogP contribution in [0.3, 0.4) is 0 Å². The van der Waals surface area contributed by atoms with Gasteiger partial charge >= 0.3 is 6.18 Å². The van der Waals surface area contributed by atoms with Gasteiger partial charge in [-0.3, -0.25) is 0 Å². The summed E-state index contributed by atoms with van der Waals surface area (Å²) in [5.74, 6) is 0. The fourth-order valence-electron chi connectivity index (χ4n) is 4.02. The zero-order chi connectivity index (χ0) is 23.0. The molecule has 1 aliphatic rings. The summed E-state index contributed by atoms with van der Waals surface area (Å²) in [5, 5.41) is 0. The zero-order valence-corrected chi connectivity index (χ0v) is 17.6. The van der Waals surface area contributed by atoms with Crippen LogP contribution >= 0.6 is 0 Å². The molecule has 0 unspecified atom stereocenters. The van der Waals surface area contributed by atoms with Gasteiger partial charge in [-0.05, 0) is 53.6 Å². The van der Waals surface area contributed by atoms with Gasteiger partial charge in [0.05, 0.1) is 28.3 Å². The maximum Gasteiger partial charge on any atom is 0.416 e. The van der Waals surface area contributed by atoms with Crippen molar-refractivity contribution in [3.8, 4) is 11.1 Å².